The third-order valence-corrected chi connectivity index (χ3v) is 5.54. The Morgan fingerprint density at radius 1 is 1.00 bits per heavy atom. The number of quaternary nitrogens is 1. The van der Waals surface area contributed by atoms with Gasteiger partial charge in [-0.1, -0.05) is 68.4 Å². The highest BCUT2D eigenvalue weighted by molar-refractivity contribution is 6.44. The normalized spacial score (nSPS) is 19.4. The van der Waals surface area contributed by atoms with Crippen LogP contribution in [-0.4, -0.2) is 49.6 Å². The maximum absolute atomic E-state index is 13.2. The molecule has 29 heavy (non-hydrogen) atoms. The zero-order valence-electron chi connectivity index (χ0n) is 17.5. The Balaban J connectivity index is 2.03. The maximum atomic E-state index is 13.2. The first-order valence-electron chi connectivity index (χ1n) is 10.1. The predicted molar refractivity (Wildman–Crippen MR) is 112 cm³/mol. The molecule has 5 heteroatoms. The second-order valence-corrected chi connectivity index (χ2v) is 8.29. The molecule has 0 aromatic heterocycles. The molecule has 1 N–H and O–H groups in total. The Bertz CT molecular complexity index is 888. The van der Waals surface area contributed by atoms with Crippen LogP contribution in [0.1, 0.15) is 47.3 Å². The second-order valence-electron chi connectivity index (χ2n) is 8.29. The van der Waals surface area contributed by atoms with Crippen molar-refractivity contribution in [1.29, 1.82) is 0 Å². The first-order valence-corrected chi connectivity index (χ1v) is 10.1. The van der Waals surface area contributed by atoms with Crippen molar-refractivity contribution < 1.29 is 19.3 Å². The van der Waals surface area contributed by atoms with Crippen LogP contribution in [0.5, 0.6) is 0 Å². The van der Waals surface area contributed by atoms with Gasteiger partial charge in [0.25, 0.3) is 5.91 Å². The molecule has 1 aliphatic rings. The Kier molecular flexibility index (Phi) is 6.28. The average Bonchev–Trinajstić information content (AvgIpc) is 2.97. The van der Waals surface area contributed by atoms with Crippen molar-refractivity contribution >= 4 is 17.5 Å². The van der Waals surface area contributed by atoms with Crippen LogP contribution in [-0.2, 0) is 9.59 Å². The van der Waals surface area contributed by atoms with Gasteiger partial charge in [-0.2, -0.15) is 0 Å². The van der Waals surface area contributed by atoms with Crippen molar-refractivity contribution in [3.63, 3.8) is 0 Å². The Labute approximate surface area is 172 Å². The second kappa shape index (κ2) is 8.70. The molecule has 3 rings (SSSR count). The fraction of sp³-hybridized carbons (Fsp3) is 0.375. The molecule has 1 amide bonds. The van der Waals surface area contributed by atoms with Crippen LogP contribution in [0.15, 0.2) is 54.6 Å². The van der Waals surface area contributed by atoms with Crippen LogP contribution in [0.3, 0.4) is 0 Å². The molecule has 0 aliphatic carbocycles. The van der Waals surface area contributed by atoms with Gasteiger partial charge in [0.1, 0.15) is 5.92 Å². The highest BCUT2D eigenvalue weighted by Crippen LogP contribution is 2.38. The number of carbonyl (C=O) groups is 3. The van der Waals surface area contributed by atoms with Crippen LogP contribution in [0.4, 0.5) is 0 Å². The quantitative estimate of drug-likeness (QED) is 0.444. The van der Waals surface area contributed by atoms with E-state index in [2.05, 4.69) is 13.8 Å². The molecule has 0 spiro atoms. The lowest BCUT2D eigenvalue weighted by molar-refractivity contribution is -0.857. The van der Waals surface area contributed by atoms with Gasteiger partial charge in [0.05, 0.1) is 33.2 Å². The SMILES string of the molecule is CC(C)c1ccc(C2C(C(=O)c3ccccc3)C(=O)C(=O)N2CC[NH+](C)C)cc1. The van der Waals surface area contributed by atoms with Gasteiger partial charge in [-0.3, -0.25) is 14.4 Å². The number of likely N-dealkylation sites (tertiary alicyclic amines) is 1. The van der Waals surface area contributed by atoms with Gasteiger partial charge < -0.3 is 9.80 Å². The largest absolute Gasteiger partial charge is 0.338 e. The zero-order valence-corrected chi connectivity index (χ0v) is 17.5. The summed E-state index contributed by atoms with van der Waals surface area (Å²) >= 11 is 0. The number of nitrogens with zero attached hydrogens (tertiary/aromatic N) is 1. The van der Waals surface area contributed by atoms with E-state index < -0.39 is 23.7 Å². The molecular formula is C24H29N2O3+. The third-order valence-electron chi connectivity index (χ3n) is 5.54. The summed E-state index contributed by atoms with van der Waals surface area (Å²) in [4.78, 5) is 41.8. The first-order chi connectivity index (χ1) is 13.8. The highest BCUT2D eigenvalue weighted by atomic mass is 16.2. The molecule has 1 heterocycles. The number of hydrogen-bond donors (Lipinski definition) is 1. The Morgan fingerprint density at radius 3 is 2.17 bits per heavy atom. The number of Topliss-reactive ketones (excluding diaryl/α,β-unsaturated/α-hetero) is 2. The van der Waals surface area contributed by atoms with E-state index in [9.17, 15) is 14.4 Å². The van der Waals surface area contributed by atoms with Gasteiger partial charge in [-0.15, -0.1) is 0 Å². The highest BCUT2D eigenvalue weighted by Gasteiger charge is 2.51. The van der Waals surface area contributed by atoms with E-state index in [1.54, 1.807) is 29.2 Å². The number of likely N-dealkylation sites (N-methyl/N-ethyl adjacent to an activating group) is 1. The fourth-order valence-corrected chi connectivity index (χ4v) is 3.80. The van der Waals surface area contributed by atoms with E-state index in [1.165, 1.54) is 10.5 Å². The molecule has 0 saturated carbocycles. The van der Waals surface area contributed by atoms with Crippen LogP contribution in [0.25, 0.3) is 0 Å². The molecule has 2 aromatic carbocycles. The van der Waals surface area contributed by atoms with E-state index in [0.29, 0.717) is 24.6 Å². The van der Waals surface area contributed by atoms with Crippen LogP contribution < -0.4 is 4.90 Å². The lowest BCUT2D eigenvalue weighted by Gasteiger charge is -2.27. The number of carbonyl (C=O) groups excluding carboxylic acids is 3. The van der Waals surface area contributed by atoms with Crippen molar-refractivity contribution in [2.45, 2.75) is 25.8 Å². The molecule has 5 nitrogen and oxygen atoms in total. The minimum absolute atomic E-state index is 0.290. The summed E-state index contributed by atoms with van der Waals surface area (Å²) in [5, 5.41) is 0. The van der Waals surface area contributed by atoms with E-state index in [0.717, 1.165) is 5.56 Å². The van der Waals surface area contributed by atoms with Gasteiger partial charge in [0.2, 0.25) is 5.78 Å². The summed E-state index contributed by atoms with van der Waals surface area (Å²) in [7, 11) is 4.00. The number of rotatable bonds is 7. The fourth-order valence-electron chi connectivity index (χ4n) is 3.80. The van der Waals surface area contributed by atoms with Gasteiger partial charge in [-0.25, -0.2) is 0 Å². The molecule has 1 fully saturated rings. The summed E-state index contributed by atoms with van der Waals surface area (Å²) in [6.07, 6.45) is 0. The molecule has 0 radical (unpaired) electrons. The zero-order chi connectivity index (χ0) is 21.1. The van der Waals surface area contributed by atoms with E-state index >= 15 is 0 Å². The van der Waals surface area contributed by atoms with Crippen molar-refractivity contribution in [1.82, 2.24) is 4.90 Å². The van der Waals surface area contributed by atoms with Gasteiger partial charge in [-0.05, 0) is 17.0 Å². The average molecular weight is 394 g/mol. The van der Waals surface area contributed by atoms with Crippen molar-refractivity contribution in [2.75, 3.05) is 27.2 Å². The maximum Gasteiger partial charge on any atom is 0.291 e. The Hall–Kier alpha value is -2.79. The summed E-state index contributed by atoms with van der Waals surface area (Å²) in [5.41, 5.74) is 2.47. The topological polar surface area (TPSA) is 58.9 Å². The first kappa shape index (κ1) is 20.9. The summed E-state index contributed by atoms with van der Waals surface area (Å²) in [6.45, 7) is 5.37. The number of hydrogen-bond acceptors (Lipinski definition) is 3. The lowest BCUT2D eigenvalue weighted by Crippen LogP contribution is -3.06. The molecule has 2 atom stereocenters. The monoisotopic (exact) mass is 393 g/mol. The molecule has 152 valence electrons. The molecular weight excluding hydrogens is 364 g/mol. The van der Waals surface area contributed by atoms with E-state index in [4.69, 9.17) is 0 Å². The van der Waals surface area contributed by atoms with Crippen molar-refractivity contribution in [3.05, 3.63) is 71.3 Å². The number of amides is 1. The summed E-state index contributed by atoms with van der Waals surface area (Å²) in [6, 6.07) is 16.1. The van der Waals surface area contributed by atoms with Crippen LogP contribution in [0, 0.1) is 5.92 Å². The molecule has 1 saturated heterocycles. The summed E-state index contributed by atoms with van der Waals surface area (Å²) < 4.78 is 0. The molecule has 1 aliphatic heterocycles. The lowest BCUT2D eigenvalue weighted by atomic mass is 9.85. The number of benzene rings is 2. The van der Waals surface area contributed by atoms with Crippen molar-refractivity contribution in [2.24, 2.45) is 5.92 Å². The Morgan fingerprint density at radius 2 is 1.62 bits per heavy atom. The van der Waals surface area contributed by atoms with Gasteiger partial charge >= 0.3 is 0 Å². The predicted octanol–water partition coefficient (Wildman–Crippen LogP) is 1.91. The molecule has 0 bridgehead atoms. The number of nitrogens with one attached hydrogen (secondary N) is 1. The van der Waals surface area contributed by atoms with E-state index in [1.807, 2.05) is 44.4 Å². The van der Waals surface area contributed by atoms with Crippen LogP contribution in [0.2, 0.25) is 0 Å². The molecule has 2 unspecified atom stereocenters. The molecule has 2 aromatic rings. The summed E-state index contributed by atoms with van der Waals surface area (Å²) in [5.74, 6) is -2.08. The number of ketones is 2. The standard InChI is InChI=1S/C24H28N2O3/c1-16(2)17-10-12-18(13-11-17)21-20(22(27)19-8-6-5-7-9-19)23(28)24(29)26(21)15-14-25(3)4/h5-13,16,20-21H,14-15H2,1-4H3/p+1. The van der Waals surface area contributed by atoms with Crippen molar-refractivity contribution in [3.8, 4) is 0 Å². The van der Waals surface area contributed by atoms with E-state index in [-0.39, 0.29) is 5.78 Å². The minimum atomic E-state index is -1.01. The third kappa shape index (κ3) is 4.30. The minimum Gasteiger partial charge on any atom is -0.338 e. The smallest absolute Gasteiger partial charge is 0.291 e. The van der Waals surface area contributed by atoms with Gasteiger partial charge in [0, 0.05) is 5.56 Å². The van der Waals surface area contributed by atoms with Crippen LogP contribution >= 0.6 is 0 Å². The van der Waals surface area contributed by atoms with Gasteiger partial charge in [0.15, 0.2) is 5.78 Å².